The Hall–Kier alpha value is -2.42. The van der Waals surface area contributed by atoms with Gasteiger partial charge >= 0.3 is 5.97 Å². The molecule has 1 aromatic rings. The molecule has 0 bridgehead atoms. The molecule has 0 saturated heterocycles. The SMILES string of the molecule is C#CCC(=O)Nc1nccnc1C(=O)O. The maximum Gasteiger partial charge on any atom is 0.358 e. The minimum absolute atomic E-state index is 0.106. The number of anilines is 1. The van der Waals surface area contributed by atoms with Crippen molar-refractivity contribution in [3.63, 3.8) is 0 Å². The Kier molecular flexibility index (Phi) is 3.35. The van der Waals surface area contributed by atoms with Gasteiger partial charge in [0.2, 0.25) is 5.91 Å². The molecule has 76 valence electrons. The molecule has 15 heavy (non-hydrogen) atoms. The Labute approximate surface area is 85.4 Å². The maximum absolute atomic E-state index is 11.1. The molecule has 0 spiro atoms. The lowest BCUT2D eigenvalue weighted by molar-refractivity contribution is -0.115. The van der Waals surface area contributed by atoms with Gasteiger partial charge in [0.1, 0.15) is 0 Å². The van der Waals surface area contributed by atoms with E-state index in [9.17, 15) is 9.59 Å². The van der Waals surface area contributed by atoms with Crippen LogP contribution < -0.4 is 5.32 Å². The van der Waals surface area contributed by atoms with Crippen LogP contribution in [0.1, 0.15) is 16.9 Å². The molecule has 0 unspecified atom stereocenters. The first-order chi connectivity index (χ1) is 7.15. The van der Waals surface area contributed by atoms with Crippen LogP contribution in [0.3, 0.4) is 0 Å². The molecule has 0 aliphatic heterocycles. The van der Waals surface area contributed by atoms with Crippen LogP contribution in [0.2, 0.25) is 0 Å². The Balaban J connectivity index is 2.90. The predicted octanol–water partition coefficient (Wildman–Crippen LogP) is 0.137. The standard InChI is InChI=1S/C9H7N3O3/c1-2-3-6(13)12-8-7(9(14)15)10-4-5-11-8/h1,4-5H,3H2,(H,14,15)(H,11,12,13). The second-order valence-corrected chi connectivity index (χ2v) is 2.49. The summed E-state index contributed by atoms with van der Waals surface area (Å²) in [4.78, 5) is 29.0. The Morgan fingerprint density at radius 2 is 2.13 bits per heavy atom. The lowest BCUT2D eigenvalue weighted by Gasteiger charge is -2.03. The second kappa shape index (κ2) is 4.72. The summed E-state index contributed by atoms with van der Waals surface area (Å²) in [5.74, 6) is 0.258. The molecule has 0 fully saturated rings. The molecule has 2 N–H and O–H groups in total. The summed E-state index contributed by atoms with van der Waals surface area (Å²) >= 11 is 0. The molecule has 0 radical (unpaired) electrons. The zero-order valence-electron chi connectivity index (χ0n) is 7.60. The van der Waals surface area contributed by atoms with Gasteiger partial charge in [0.05, 0.1) is 6.42 Å². The summed E-state index contributed by atoms with van der Waals surface area (Å²) in [6.45, 7) is 0. The van der Waals surface area contributed by atoms with Crippen molar-refractivity contribution >= 4 is 17.7 Å². The molecule has 6 nitrogen and oxygen atoms in total. The molecule has 0 aliphatic rings. The van der Waals surface area contributed by atoms with Crippen LogP contribution in [0.25, 0.3) is 0 Å². The number of aromatic nitrogens is 2. The highest BCUT2D eigenvalue weighted by Crippen LogP contribution is 2.07. The third-order valence-corrected chi connectivity index (χ3v) is 1.42. The van der Waals surface area contributed by atoms with E-state index >= 15 is 0 Å². The van der Waals surface area contributed by atoms with Crippen molar-refractivity contribution in [2.24, 2.45) is 0 Å². The molecule has 1 aromatic heterocycles. The van der Waals surface area contributed by atoms with E-state index in [1.54, 1.807) is 0 Å². The highest BCUT2D eigenvalue weighted by Gasteiger charge is 2.14. The predicted molar refractivity (Wildman–Crippen MR) is 51.1 cm³/mol. The van der Waals surface area contributed by atoms with E-state index in [4.69, 9.17) is 11.5 Å². The van der Waals surface area contributed by atoms with Crippen LogP contribution in [0, 0.1) is 12.3 Å². The minimum Gasteiger partial charge on any atom is -0.476 e. The number of hydrogen-bond donors (Lipinski definition) is 2. The average molecular weight is 205 g/mol. The number of carboxylic acid groups (broad SMARTS) is 1. The minimum atomic E-state index is -1.26. The van der Waals surface area contributed by atoms with Gasteiger partial charge in [-0.1, -0.05) is 5.92 Å². The summed E-state index contributed by atoms with van der Waals surface area (Å²) in [6.07, 6.45) is 7.27. The fourth-order valence-electron chi connectivity index (χ4n) is 0.855. The summed E-state index contributed by atoms with van der Waals surface area (Å²) < 4.78 is 0. The first kappa shape index (κ1) is 10.7. The fraction of sp³-hybridized carbons (Fsp3) is 0.111. The fourth-order valence-corrected chi connectivity index (χ4v) is 0.855. The van der Waals surface area contributed by atoms with Gasteiger partial charge in [0.25, 0.3) is 0 Å². The van der Waals surface area contributed by atoms with Gasteiger partial charge in [-0.3, -0.25) is 4.79 Å². The number of carbonyl (C=O) groups is 2. The topological polar surface area (TPSA) is 92.2 Å². The van der Waals surface area contributed by atoms with Crippen molar-refractivity contribution in [3.8, 4) is 12.3 Å². The third kappa shape index (κ3) is 2.77. The lowest BCUT2D eigenvalue weighted by Crippen LogP contribution is -2.16. The molecule has 0 atom stereocenters. The highest BCUT2D eigenvalue weighted by atomic mass is 16.4. The van der Waals surface area contributed by atoms with Crippen molar-refractivity contribution in [1.82, 2.24) is 9.97 Å². The van der Waals surface area contributed by atoms with Gasteiger partial charge in [0, 0.05) is 12.4 Å². The molecule has 0 saturated carbocycles. The number of carboxylic acids is 1. The highest BCUT2D eigenvalue weighted by molar-refractivity contribution is 5.98. The number of rotatable bonds is 3. The quantitative estimate of drug-likeness (QED) is 0.684. The summed E-state index contributed by atoms with van der Waals surface area (Å²) in [5.41, 5.74) is -0.317. The molecule has 0 aromatic carbocycles. The van der Waals surface area contributed by atoms with Crippen LogP contribution in [0.4, 0.5) is 5.82 Å². The number of terminal acetylenes is 1. The molecule has 1 amide bonds. The van der Waals surface area contributed by atoms with Gasteiger partial charge in [-0.2, -0.15) is 0 Å². The van der Waals surface area contributed by atoms with Gasteiger partial charge in [-0.25, -0.2) is 14.8 Å². The maximum atomic E-state index is 11.1. The van der Waals surface area contributed by atoms with E-state index in [0.717, 1.165) is 0 Å². The van der Waals surface area contributed by atoms with Gasteiger partial charge in [-0.05, 0) is 0 Å². The van der Waals surface area contributed by atoms with E-state index < -0.39 is 11.9 Å². The van der Waals surface area contributed by atoms with Crippen LogP contribution in [0.15, 0.2) is 12.4 Å². The van der Waals surface area contributed by atoms with E-state index in [1.807, 2.05) is 0 Å². The number of nitrogens with zero attached hydrogens (tertiary/aromatic N) is 2. The van der Waals surface area contributed by atoms with E-state index in [0.29, 0.717) is 0 Å². The molecule has 0 aliphatic carbocycles. The lowest BCUT2D eigenvalue weighted by atomic mass is 10.3. The van der Waals surface area contributed by atoms with Crippen LogP contribution >= 0.6 is 0 Å². The number of carbonyl (C=O) groups excluding carboxylic acids is 1. The van der Waals surface area contributed by atoms with Gasteiger partial charge in [0.15, 0.2) is 11.5 Å². The molecule has 1 heterocycles. The smallest absolute Gasteiger partial charge is 0.358 e. The number of nitrogens with one attached hydrogen (secondary N) is 1. The van der Waals surface area contributed by atoms with Crippen LogP contribution in [0.5, 0.6) is 0 Å². The zero-order chi connectivity index (χ0) is 11.3. The second-order valence-electron chi connectivity index (χ2n) is 2.49. The largest absolute Gasteiger partial charge is 0.476 e. The van der Waals surface area contributed by atoms with Crippen molar-refractivity contribution in [3.05, 3.63) is 18.1 Å². The first-order valence-electron chi connectivity index (χ1n) is 3.92. The Bertz CT molecular complexity index is 436. The van der Waals surface area contributed by atoms with E-state index in [2.05, 4.69) is 21.2 Å². The third-order valence-electron chi connectivity index (χ3n) is 1.42. The Morgan fingerprint density at radius 1 is 1.47 bits per heavy atom. The van der Waals surface area contributed by atoms with E-state index in [1.165, 1.54) is 12.4 Å². The van der Waals surface area contributed by atoms with Gasteiger partial charge < -0.3 is 10.4 Å². The number of hydrogen-bond acceptors (Lipinski definition) is 4. The molecular weight excluding hydrogens is 198 g/mol. The number of aromatic carboxylic acids is 1. The van der Waals surface area contributed by atoms with Crippen molar-refractivity contribution < 1.29 is 14.7 Å². The van der Waals surface area contributed by atoms with Crippen molar-refractivity contribution in [2.45, 2.75) is 6.42 Å². The average Bonchev–Trinajstić information content (AvgIpc) is 2.18. The van der Waals surface area contributed by atoms with Crippen molar-refractivity contribution in [1.29, 1.82) is 0 Å². The zero-order valence-corrected chi connectivity index (χ0v) is 7.60. The molecule has 1 rings (SSSR count). The first-order valence-corrected chi connectivity index (χ1v) is 3.92. The van der Waals surface area contributed by atoms with Gasteiger partial charge in [-0.15, -0.1) is 6.42 Å². The number of amides is 1. The Morgan fingerprint density at radius 3 is 2.73 bits per heavy atom. The summed E-state index contributed by atoms with van der Waals surface area (Å²) in [7, 11) is 0. The normalized spacial score (nSPS) is 9.00. The summed E-state index contributed by atoms with van der Waals surface area (Å²) in [6, 6.07) is 0. The summed E-state index contributed by atoms with van der Waals surface area (Å²) in [5, 5.41) is 11.0. The molecular formula is C9H7N3O3. The van der Waals surface area contributed by atoms with Crippen LogP contribution in [-0.2, 0) is 4.79 Å². The van der Waals surface area contributed by atoms with E-state index in [-0.39, 0.29) is 17.9 Å². The van der Waals surface area contributed by atoms with Crippen LogP contribution in [-0.4, -0.2) is 27.0 Å². The van der Waals surface area contributed by atoms with Crippen molar-refractivity contribution in [2.75, 3.05) is 5.32 Å². The molecule has 6 heteroatoms. The monoisotopic (exact) mass is 205 g/mol.